The second kappa shape index (κ2) is 12.1. The molecule has 11 nitrogen and oxygen atoms in total. The molecular weight excluding hydrogens is 556 g/mol. The van der Waals surface area contributed by atoms with Crippen LogP contribution in [0.3, 0.4) is 0 Å². The van der Waals surface area contributed by atoms with Crippen molar-refractivity contribution in [1.82, 2.24) is 19.4 Å². The maximum absolute atomic E-state index is 13.8. The average molecular weight is 590 g/mol. The molecule has 2 aliphatic rings. The third-order valence-corrected chi connectivity index (χ3v) is 9.17. The Hall–Kier alpha value is -3.59. The maximum atomic E-state index is 13.8. The number of anilines is 3. The van der Waals surface area contributed by atoms with E-state index < -0.39 is 32.5 Å². The number of H-pyrrole nitrogens is 1. The monoisotopic (exact) mass is 589 g/mol. The van der Waals surface area contributed by atoms with Crippen LogP contribution in [0, 0.1) is 11.6 Å². The van der Waals surface area contributed by atoms with Gasteiger partial charge >= 0.3 is 0 Å². The van der Waals surface area contributed by atoms with Gasteiger partial charge in [-0.05, 0) is 37.4 Å². The highest BCUT2D eigenvalue weighted by Gasteiger charge is 2.32. The highest BCUT2D eigenvalue weighted by atomic mass is 32.2. The Balaban J connectivity index is 1.36. The molecule has 1 saturated heterocycles. The van der Waals surface area contributed by atoms with Crippen molar-refractivity contribution in [2.45, 2.75) is 17.9 Å². The summed E-state index contributed by atoms with van der Waals surface area (Å²) in [5.41, 5.74) is 3.21. The summed E-state index contributed by atoms with van der Waals surface area (Å²) >= 11 is 0. The highest BCUT2D eigenvalue weighted by molar-refractivity contribution is 7.89. The molecular formula is C27H33F2N7O4S. The Morgan fingerprint density at radius 1 is 1.07 bits per heavy atom. The van der Waals surface area contributed by atoms with Crippen molar-refractivity contribution in [3.8, 4) is 0 Å². The molecule has 1 aromatic heterocycles. The van der Waals surface area contributed by atoms with Crippen molar-refractivity contribution >= 4 is 33.1 Å². The first-order valence-corrected chi connectivity index (χ1v) is 14.7. The zero-order valence-corrected chi connectivity index (χ0v) is 23.7. The van der Waals surface area contributed by atoms with Crippen LogP contribution in [0.1, 0.15) is 21.6 Å². The first kappa shape index (κ1) is 28.9. The van der Waals surface area contributed by atoms with E-state index in [0.29, 0.717) is 48.1 Å². The number of hydrogen-bond donors (Lipinski definition) is 3. The minimum Gasteiger partial charge on any atom is -0.383 e. The van der Waals surface area contributed by atoms with Crippen LogP contribution in [0.15, 0.2) is 41.3 Å². The summed E-state index contributed by atoms with van der Waals surface area (Å²) in [7, 11) is -0.503. The van der Waals surface area contributed by atoms with Crippen molar-refractivity contribution in [2.75, 3.05) is 75.6 Å². The number of amides is 1. The van der Waals surface area contributed by atoms with Crippen LogP contribution in [-0.4, -0.2) is 93.8 Å². The zero-order valence-electron chi connectivity index (χ0n) is 22.9. The fourth-order valence-electron chi connectivity index (χ4n) is 5.01. The van der Waals surface area contributed by atoms with Crippen LogP contribution >= 0.6 is 0 Å². The van der Waals surface area contributed by atoms with Gasteiger partial charge in [-0.25, -0.2) is 17.2 Å². The molecule has 0 saturated carbocycles. The molecule has 41 heavy (non-hydrogen) atoms. The maximum Gasteiger partial charge on any atom is 0.258 e. The number of benzene rings is 2. The van der Waals surface area contributed by atoms with Crippen molar-refractivity contribution < 1.29 is 26.7 Å². The Morgan fingerprint density at radius 3 is 2.51 bits per heavy atom. The second-order valence-electron chi connectivity index (χ2n) is 10.1. The second-order valence-corrected chi connectivity index (χ2v) is 12.1. The van der Waals surface area contributed by atoms with Crippen LogP contribution in [0.4, 0.5) is 26.0 Å². The predicted molar refractivity (Wildman–Crippen MR) is 151 cm³/mol. The fraction of sp³-hybridized carbons (Fsp3) is 0.407. The van der Waals surface area contributed by atoms with E-state index in [2.05, 4.69) is 37.7 Å². The number of carbonyl (C=O) groups excluding carboxylic acids is 1. The van der Waals surface area contributed by atoms with Crippen molar-refractivity contribution in [2.24, 2.45) is 0 Å². The van der Waals surface area contributed by atoms with Crippen LogP contribution in [0.2, 0.25) is 0 Å². The van der Waals surface area contributed by atoms with Gasteiger partial charge in [-0.15, -0.1) is 0 Å². The molecule has 2 aliphatic heterocycles. The van der Waals surface area contributed by atoms with E-state index in [0.717, 1.165) is 48.3 Å². The number of halogens is 2. The number of methoxy groups -OCH3 is 1. The third kappa shape index (κ3) is 6.35. The van der Waals surface area contributed by atoms with E-state index in [-0.39, 0.29) is 18.9 Å². The number of aromatic nitrogens is 2. The number of nitrogens with zero attached hydrogens (tertiary/aromatic N) is 4. The molecule has 0 radical (unpaired) electrons. The van der Waals surface area contributed by atoms with E-state index in [4.69, 9.17) is 4.74 Å². The van der Waals surface area contributed by atoms with Gasteiger partial charge in [0.25, 0.3) is 5.91 Å². The lowest BCUT2D eigenvalue weighted by Crippen LogP contribution is -2.44. The summed E-state index contributed by atoms with van der Waals surface area (Å²) in [5, 5.41) is 13.2. The van der Waals surface area contributed by atoms with Gasteiger partial charge in [0.1, 0.15) is 11.6 Å². The molecule has 5 rings (SSSR count). The molecule has 3 N–H and O–H groups in total. The van der Waals surface area contributed by atoms with Crippen molar-refractivity contribution in [3.05, 3.63) is 64.9 Å². The van der Waals surface area contributed by atoms with E-state index in [1.165, 1.54) is 0 Å². The molecule has 0 aliphatic carbocycles. The molecule has 1 fully saturated rings. The van der Waals surface area contributed by atoms with Gasteiger partial charge in [0.2, 0.25) is 10.0 Å². The lowest BCUT2D eigenvalue weighted by Gasteiger charge is -2.34. The molecule has 2 aromatic carbocycles. The quantitative estimate of drug-likeness (QED) is 0.326. The molecule has 0 bridgehead atoms. The predicted octanol–water partition coefficient (Wildman–Crippen LogP) is 2.50. The summed E-state index contributed by atoms with van der Waals surface area (Å²) in [6.45, 7) is 4.55. The summed E-state index contributed by atoms with van der Waals surface area (Å²) < 4.78 is 60.2. The first-order chi connectivity index (χ1) is 19.7. The fourth-order valence-corrected chi connectivity index (χ4v) is 6.46. The van der Waals surface area contributed by atoms with Gasteiger partial charge in [0.15, 0.2) is 5.82 Å². The summed E-state index contributed by atoms with van der Waals surface area (Å²) in [5.74, 6) is -2.19. The van der Waals surface area contributed by atoms with Crippen LogP contribution in [0.25, 0.3) is 0 Å². The van der Waals surface area contributed by atoms with Gasteiger partial charge in [-0.3, -0.25) is 9.89 Å². The normalized spacial score (nSPS) is 16.4. The van der Waals surface area contributed by atoms with Gasteiger partial charge in [-0.1, -0.05) is 0 Å². The molecule has 220 valence electrons. The number of likely N-dealkylation sites (N-methyl/N-ethyl adjacent to an activating group) is 1. The number of sulfonamides is 1. The number of aromatic amines is 1. The van der Waals surface area contributed by atoms with Gasteiger partial charge in [-0.2, -0.15) is 9.40 Å². The standard InChI is InChI=1S/C27H33F2N7O4S/c1-34-8-10-35(11-9-34)20-3-4-22(25(16-20)30-6-12-40-2)27(37)31-26-23-17-36(7-5-24(23)32-33-26)41(38,39)21-14-18(28)13-19(29)15-21/h3-4,13-16,30H,5-12,17H2,1-2H3,(H2,31,32,33,37). The smallest absolute Gasteiger partial charge is 0.258 e. The Kier molecular flexibility index (Phi) is 8.54. The Bertz CT molecular complexity index is 1500. The van der Waals surface area contributed by atoms with E-state index in [1.807, 2.05) is 12.1 Å². The number of ether oxygens (including phenoxy) is 1. The highest BCUT2D eigenvalue weighted by Crippen LogP contribution is 2.30. The number of nitrogens with one attached hydrogen (secondary N) is 3. The van der Waals surface area contributed by atoms with Crippen LogP contribution in [0.5, 0.6) is 0 Å². The summed E-state index contributed by atoms with van der Waals surface area (Å²) in [6, 6.07) is 7.81. The van der Waals surface area contributed by atoms with Gasteiger partial charge in [0.05, 0.1) is 17.1 Å². The summed E-state index contributed by atoms with van der Waals surface area (Å²) in [4.78, 5) is 17.6. The third-order valence-electron chi connectivity index (χ3n) is 7.34. The average Bonchev–Trinajstić information content (AvgIpc) is 3.35. The zero-order chi connectivity index (χ0) is 29.1. The van der Waals surface area contributed by atoms with Crippen molar-refractivity contribution in [1.29, 1.82) is 0 Å². The molecule has 0 unspecified atom stereocenters. The van der Waals surface area contributed by atoms with Gasteiger partial charge < -0.3 is 25.2 Å². The topological polar surface area (TPSA) is 123 Å². The number of piperazine rings is 1. The minimum atomic E-state index is -4.19. The Labute approximate surface area is 237 Å². The molecule has 1 amide bonds. The van der Waals surface area contributed by atoms with Gasteiger partial charge in [0, 0.05) is 88.0 Å². The molecule has 0 spiro atoms. The van der Waals surface area contributed by atoms with Crippen LogP contribution in [-0.2, 0) is 27.7 Å². The Morgan fingerprint density at radius 2 is 1.80 bits per heavy atom. The lowest BCUT2D eigenvalue weighted by atomic mass is 10.1. The largest absolute Gasteiger partial charge is 0.383 e. The van der Waals surface area contributed by atoms with E-state index in [9.17, 15) is 22.0 Å². The molecule has 0 atom stereocenters. The first-order valence-electron chi connectivity index (χ1n) is 13.3. The molecule has 3 aromatic rings. The lowest BCUT2D eigenvalue weighted by molar-refractivity contribution is 0.102. The van der Waals surface area contributed by atoms with Crippen molar-refractivity contribution in [3.63, 3.8) is 0 Å². The number of rotatable bonds is 9. The molecule has 3 heterocycles. The van der Waals surface area contributed by atoms with Crippen LogP contribution < -0.4 is 15.5 Å². The number of hydrogen-bond acceptors (Lipinski definition) is 8. The minimum absolute atomic E-state index is 0.0877. The summed E-state index contributed by atoms with van der Waals surface area (Å²) in [6.07, 6.45) is 0.290. The number of carbonyl (C=O) groups is 1. The SMILES string of the molecule is COCCNc1cc(N2CCN(C)CC2)ccc1C(=O)Nc1n[nH]c2c1CN(S(=O)(=O)c1cc(F)cc(F)c1)CC2. The number of fused-ring (bicyclic) bond motifs is 1. The van der Waals surface area contributed by atoms with E-state index >= 15 is 0 Å². The van der Waals surface area contributed by atoms with E-state index in [1.54, 1.807) is 13.2 Å². The molecule has 14 heteroatoms.